The fraction of sp³-hybridized carbons (Fsp3) is 0.235. The van der Waals surface area contributed by atoms with Crippen LogP contribution < -0.4 is 10.1 Å². The number of pyridine rings is 1. The van der Waals surface area contributed by atoms with Crippen molar-refractivity contribution in [3.8, 4) is 5.75 Å². The molecule has 0 saturated heterocycles. The lowest BCUT2D eigenvalue weighted by atomic mass is 10.1. The number of aromatic nitrogens is 2. The van der Waals surface area contributed by atoms with Gasteiger partial charge in [-0.15, -0.1) is 0 Å². The Bertz CT molecular complexity index is 1060. The number of nitrogens with one attached hydrogen (secondary N) is 1. The van der Waals surface area contributed by atoms with Gasteiger partial charge in [-0.25, -0.2) is 4.98 Å². The van der Waals surface area contributed by atoms with Crippen LogP contribution in [0.5, 0.6) is 5.75 Å². The normalized spacial score (nSPS) is 12.2. The van der Waals surface area contributed by atoms with Gasteiger partial charge >= 0.3 is 12.4 Å². The average molecular weight is 419 g/mol. The number of hydrogen-bond donors (Lipinski definition) is 1. The highest BCUT2D eigenvalue weighted by Crippen LogP contribution is 2.36. The van der Waals surface area contributed by atoms with Crippen molar-refractivity contribution in [1.29, 1.82) is 0 Å². The van der Waals surface area contributed by atoms with Gasteiger partial charge in [0.2, 0.25) is 0 Å². The molecule has 2 aromatic heterocycles. The predicted octanol–water partition coefficient (Wildman–Crippen LogP) is 4.74. The van der Waals surface area contributed by atoms with Crippen LogP contribution in [0.25, 0.3) is 11.1 Å². The highest BCUT2D eigenvalue weighted by molar-refractivity contribution is 6.06. The van der Waals surface area contributed by atoms with E-state index in [0.717, 1.165) is 6.20 Å². The second-order valence-electron chi connectivity index (χ2n) is 5.91. The molecule has 0 aliphatic rings. The van der Waals surface area contributed by atoms with Crippen LogP contribution in [0.4, 0.5) is 32.0 Å². The third kappa shape index (κ3) is 4.76. The van der Waals surface area contributed by atoms with Crippen LogP contribution in [0.2, 0.25) is 0 Å². The fourth-order valence-corrected chi connectivity index (χ4v) is 2.35. The molecule has 0 aliphatic carbocycles. The molecular formula is C17H11F6N3O3. The third-order valence-corrected chi connectivity index (χ3v) is 3.72. The topological polar surface area (TPSA) is 77.2 Å². The summed E-state index contributed by atoms with van der Waals surface area (Å²) in [5, 5.41) is 6.19. The monoisotopic (exact) mass is 419 g/mol. The van der Waals surface area contributed by atoms with Crippen molar-refractivity contribution in [2.24, 2.45) is 0 Å². The minimum Gasteiger partial charge on any atom is -0.482 e. The number of rotatable bonds is 4. The van der Waals surface area contributed by atoms with Crippen molar-refractivity contribution in [2.75, 3.05) is 11.9 Å². The minimum absolute atomic E-state index is 0.0667. The zero-order chi connectivity index (χ0) is 21.4. The number of carbonyl (C=O) groups is 1. The fourth-order valence-electron chi connectivity index (χ4n) is 2.35. The maximum absolute atomic E-state index is 13.0. The second kappa shape index (κ2) is 7.26. The van der Waals surface area contributed by atoms with Crippen LogP contribution in [0.3, 0.4) is 0 Å². The second-order valence-corrected chi connectivity index (χ2v) is 5.91. The molecule has 12 heteroatoms. The number of aryl methyl sites for hydroxylation is 1. The molecule has 0 unspecified atom stereocenters. The number of halogens is 6. The quantitative estimate of drug-likeness (QED) is 0.618. The molecule has 0 atom stereocenters. The first-order valence-corrected chi connectivity index (χ1v) is 7.88. The maximum Gasteiger partial charge on any atom is 0.422 e. The summed E-state index contributed by atoms with van der Waals surface area (Å²) in [6.45, 7) is -0.153. The Morgan fingerprint density at radius 2 is 1.90 bits per heavy atom. The molecule has 1 aromatic carbocycles. The third-order valence-electron chi connectivity index (χ3n) is 3.72. The number of fused-ring (bicyclic) bond motifs is 1. The molecule has 1 amide bonds. The van der Waals surface area contributed by atoms with E-state index in [1.807, 2.05) is 0 Å². The van der Waals surface area contributed by atoms with Gasteiger partial charge in [-0.3, -0.25) is 4.79 Å². The largest absolute Gasteiger partial charge is 0.482 e. The smallest absolute Gasteiger partial charge is 0.422 e. The lowest BCUT2D eigenvalue weighted by Crippen LogP contribution is -2.21. The Kier molecular flexibility index (Phi) is 5.11. The first kappa shape index (κ1) is 20.4. The average Bonchev–Trinajstić information content (AvgIpc) is 2.99. The summed E-state index contributed by atoms with van der Waals surface area (Å²) >= 11 is 0. The van der Waals surface area contributed by atoms with Gasteiger partial charge in [0, 0.05) is 6.20 Å². The summed E-state index contributed by atoms with van der Waals surface area (Å²) < 4.78 is 85.5. The van der Waals surface area contributed by atoms with Crippen molar-refractivity contribution >= 4 is 22.7 Å². The molecular weight excluding hydrogens is 408 g/mol. The summed E-state index contributed by atoms with van der Waals surface area (Å²) in [5.41, 5.74) is -1.24. The predicted molar refractivity (Wildman–Crippen MR) is 87.5 cm³/mol. The van der Waals surface area contributed by atoms with Gasteiger partial charge in [0.05, 0.1) is 27.9 Å². The van der Waals surface area contributed by atoms with E-state index in [-0.39, 0.29) is 11.3 Å². The van der Waals surface area contributed by atoms with Crippen LogP contribution in [-0.2, 0) is 6.18 Å². The van der Waals surface area contributed by atoms with Crippen LogP contribution in [0, 0.1) is 6.92 Å². The van der Waals surface area contributed by atoms with Gasteiger partial charge in [0.25, 0.3) is 11.6 Å². The molecule has 154 valence electrons. The Balaban J connectivity index is 1.93. The highest BCUT2D eigenvalue weighted by atomic mass is 19.4. The number of nitrogens with zero attached hydrogens (tertiary/aromatic N) is 2. The number of amides is 1. The number of carbonyl (C=O) groups excluding carboxylic acids is 1. The Morgan fingerprint density at radius 1 is 1.17 bits per heavy atom. The van der Waals surface area contributed by atoms with E-state index >= 15 is 0 Å². The maximum atomic E-state index is 13.0. The standard InChI is InChI=1S/C17H11F6N3O3/c1-8-11-4-9(6-24-15(11)29-26-8)14(27)25-12-5-10(17(21,22)23)2-3-13(12)28-7-16(18,19)20/h2-6H,7H2,1H3,(H,25,27). The van der Waals surface area contributed by atoms with E-state index in [0.29, 0.717) is 29.3 Å². The van der Waals surface area contributed by atoms with Gasteiger partial charge in [-0.2, -0.15) is 26.3 Å². The van der Waals surface area contributed by atoms with Crippen molar-refractivity contribution in [2.45, 2.75) is 19.3 Å². The first-order valence-electron chi connectivity index (χ1n) is 7.88. The Hall–Kier alpha value is -3.31. The van der Waals surface area contributed by atoms with Gasteiger partial charge in [-0.1, -0.05) is 5.16 Å². The molecule has 0 aliphatic heterocycles. The molecule has 0 fully saturated rings. The zero-order valence-electron chi connectivity index (χ0n) is 14.5. The van der Waals surface area contributed by atoms with Gasteiger partial charge in [-0.05, 0) is 31.2 Å². The molecule has 3 rings (SSSR count). The lowest BCUT2D eigenvalue weighted by molar-refractivity contribution is -0.153. The van der Waals surface area contributed by atoms with E-state index in [9.17, 15) is 31.1 Å². The van der Waals surface area contributed by atoms with Crippen molar-refractivity contribution in [1.82, 2.24) is 10.1 Å². The number of ether oxygens (including phenoxy) is 1. The Labute approximate surface area is 158 Å². The molecule has 6 nitrogen and oxygen atoms in total. The molecule has 0 spiro atoms. The molecule has 2 heterocycles. The van der Waals surface area contributed by atoms with E-state index in [2.05, 4.69) is 20.2 Å². The van der Waals surface area contributed by atoms with Crippen LogP contribution in [-0.4, -0.2) is 28.8 Å². The highest BCUT2D eigenvalue weighted by Gasteiger charge is 2.33. The number of benzene rings is 1. The van der Waals surface area contributed by atoms with E-state index in [1.165, 1.54) is 6.07 Å². The summed E-state index contributed by atoms with van der Waals surface area (Å²) in [5.74, 6) is -1.48. The molecule has 1 N–H and O–H groups in total. The minimum atomic E-state index is -4.78. The van der Waals surface area contributed by atoms with Crippen molar-refractivity contribution in [3.63, 3.8) is 0 Å². The summed E-state index contributed by atoms with van der Waals surface area (Å²) in [4.78, 5) is 16.3. The SMILES string of the molecule is Cc1noc2ncc(C(=O)Nc3cc(C(F)(F)F)ccc3OCC(F)(F)F)cc12. The molecule has 0 saturated carbocycles. The lowest BCUT2D eigenvalue weighted by Gasteiger charge is -2.16. The van der Waals surface area contributed by atoms with Gasteiger partial charge in [0.1, 0.15) is 5.75 Å². The number of hydrogen-bond acceptors (Lipinski definition) is 5. The van der Waals surface area contributed by atoms with E-state index in [4.69, 9.17) is 4.52 Å². The molecule has 3 aromatic rings. The molecule has 0 bridgehead atoms. The van der Waals surface area contributed by atoms with Crippen LogP contribution >= 0.6 is 0 Å². The first-order chi connectivity index (χ1) is 13.4. The molecule has 0 radical (unpaired) electrons. The van der Waals surface area contributed by atoms with Gasteiger partial charge < -0.3 is 14.6 Å². The van der Waals surface area contributed by atoms with Crippen molar-refractivity contribution < 1.29 is 40.4 Å². The zero-order valence-corrected chi connectivity index (χ0v) is 14.5. The summed E-state index contributed by atoms with van der Waals surface area (Å²) in [7, 11) is 0. The summed E-state index contributed by atoms with van der Waals surface area (Å²) in [6.07, 6.45) is -8.40. The van der Waals surface area contributed by atoms with E-state index in [1.54, 1.807) is 6.92 Å². The summed E-state index contributed by atoms with van der Waals surface area (Å²) in [6, 6.07) is 3.08. The van der Waals surface area contributed by atoms with Crippen molar-refractivity contribution in [3.05, 3.63) is 47.3 Å². The van der Waals surface area contributed by atoms with E-state index < -0.39 is 41.9 Å². The number of anilines is 1. The van der Waals surface area contributed by atoms with Crippen LogP contribution in [0.1, 0.15) is 21.6 Å². The van der Waals surface area contributed by atoms with Crippen LogP contribution in [0.15, 0.2) is 35.0 Å². The number of alkyl halides is 6. The molecule has 29 heavy (non-hydrogen) atoms. The van der Waals surface area contributed by atoms with Gasteiger partial charge in [0.15, 0.2) is 6.61 Å². The Morgan fingerprint density at radius 3 is 2.55 bits per heavy atom.